The van der Waals surface area contributed by atoms with Gasteiger partial charge in [0.15, 0.2) is 0 Å². The van der Waals surface area contributed by atoms with E-state index in [0.29, 0.717) is 5.56 Å². The van der Waals surface area contributed by atoms with E-state index in [2.05, 4.69) is 10.1 Å². The average molecular weight is 359 g/mol. The molecular weight excluding hydrogens is 336 g/mol. The van der Waals surface area contributed by atoms with Crippen molar-refractivity contribution in [2.75, 3.05) is 6.61 Å². The van der Waals surface area contributed by atoms with Crippen LogP contribution in [0.15, 0.2) is 24.3 Å². The summed E-state index contributed by atoms with van der Waals surface area (Å²) in [6.07, 6.45) is 0.0678. The molecule has 8 heteroatoms. The third-order valence-corrected chi connectivity index (χ3v) is 3.09. The van der Waals surface area contributed by atoms with E-state index in [1.54, 1.807) is 0 Å². The molecule has 0 radical (unpaired) electrons. The number of carbonyl (C=O) groups is 2. The second kappa shape index (κ2) is 9.31. The Hall–Kier alpha value is -2.22. The van der Waals surface area contributed by atoms with Gasteiger partial charge >= 0.3 is 12.6 Å². The van der Waals surface area contributed by atoms with Crippen LogP contribution in [0.3, 0.4) is 0 Å². The van der Waals surface area contributed by atoms with E-state index in [4.69, 9.17) is 4.74 Å². The van der Waals surface area contributed by atoms with Gasteiger partial charge in [0.05, 0.1) is 12.0 Å². The van der Waals surface area contributed by atoms with Crippen LogP contribution in [0.2, 0.25) is 0 Å². The molecule has 1 atom stereocenters. The lowest BCUT2D eigenvalue weighted by Gasteiger charge is -2.21. The number of aliphatic carboxylic acids is 1. The Labute approximate surface area is 145 Å². The zero-order chi connectivity index (χ0) is 19.0. The molecule has 140 valence electrons. The molecule has 0 spiro atoms. The summed E-state index contributed by atoms with van der Waals surface area (Å²) in [5, 5.41) is 11.6. The van der Waals surface area contributed by atoms with Crippen molar-refractivity contribution in [1.82, 2.24) is 5.32 Å². The third kappa shape index (κ3) is 8.99. The van der Waals surface area contributed by atoms with Crippen molar-refractivity contribution in [2.45, 2.75) is 51.9 Å². The second-order valence-corrected chi connectivity index (χ2v) is 6.41. The molecule has 0 fully saturated rings. The SMILES string of the molecule is CC(C)(C)OCCC(NC(=O)Cc1ccc(OC(F)F)cc1)C(=O)O. The Morgan fingerprint density at radius 3 is 2.28 bits per heavy atom. The van der Waals surface area contributed by atoms with Gasteiger partial charge in [0.25, 0.3) is 0 Å². The molecular formula is C17H23F2NO5. The molecule has 0 aliphatic heterocycles. The first-order chi connectivity index (χ1) is 11.6. The maximum Gasteiger partial charge on any atom is 0.387 e. The van der Waals surface area contributed by atoms with Crippen LogP contribution in [-0.2, 0) is 20.7 Å². The molecule has 6 nitrogen and oxygen atoms in total. The maximum absolute atomic E-state index is 12.1. The molecule has 2 N–H and O–H groups in total. The van der Waals surface area contributed by atoms with E-state index < -0.39 is 30.1 Å². The highest BCUT2D eigenvalue weighted by Gasteiger charge is 2.21. The lowest BCUT2D eigenvalue weighted by Crippen LogP contribution is -2.42. The Morgan fingerprint density at radius 1 is 1.20 bits per heavy atom. The molecule has 0 aromatic heterocycles. The van der Waals surface area contributed by atoms with Crippen molar-refractivity contribution >= 4 is 11.9 Å². The number of halogens is 2. The fourth-order valence-electron chi connectivity index (χ4n) is 1.96. The number of carboxylic acid groups (broad SMARTS) is 1. The highest BCUT2D eigenvalue weighted by Crippen LogP contribution is 2.15. The normalized spacial score (nSPS) is 12.7. The van der Waals surface area contributed by atoms with E-state index in [1.165, 1.54) is 24.3 Å². The minimum atomic E-state index is -2.92. The van der Waals surface area contributed by atoms with Gasteiger partial charge in [-0.05, 0) is 38.5 Å². The topological polar surface area (TPSA) is 84.9 Å². The van der Waals surface area contributed by atoms with E-state index >= 15 is 0 Å². The van der Waals surface area contributed by atoms with Crippen LogP contribution in [0, 0.1) is 0 Å². The number of ether oxygens (including phenoxy) is 2. The molecule has 25 heavy (non-hydrogen) atoms. The van der Waals surface area contributed by atoms with Crippen molar-refractivity contribution in [3.63, 3.8) is 0 Å². The van der Waals surface area contributed by atoms with Crippen molar-refractivity contribution in [2.24, 2.45) is 0 Å². The Morgan fingerprint density at radius 2 is 1.80 bits per heavy atom. The Kier molecular flexibility index (Phi) is 7.76. The highest BCUT2D eigenvalue weighted by atomic mass is 19.3. The first-order valence-corrected chi connectivity index (χ1v) is 7.76. The molecule has 0 saturated carbocycles. The van der Waals surface area contributed by atoms with Crippen LogP contribution < -0.4 is 10.1 Å². The van der Waals surface area contributed by atoms with Crippen LogP contribution in [-0.4, -0.2) is 41.8 Å². The van der Waals surface area contributed by atoms with Crippen molar-refractivity contribution in [1.29, 1.82) is 0 Å². The first-order valence-electron chi connectivity index (χ1n) is 7.76. The van der Waals surface area contributed by atoms with Gasteiger partial charge in [0.2, 0.25) is 5.91 Å². The smallest absolute Gasteiger partial charge is 0.387 e. The summed E-state index contributed by atoms with van der Waals surface area (Å²) in [5.41, 5.74) is 0.156. The molecule has 0 aliphatic rings. The fraction of sp³-hybridized carbons (Fsp3) is 0.529. The summed E-state index contributed by atoms with van der Waals surface area (Å²) >= 11 is 0. The molecule has 0 saturated heterocycles. The van der Waals surface area contributed by atoms with Gasteiger partial charge in [-0.15, -0.1) is 0 Å². The number of hydrogen-bond acceptors (Lipinski definition) is 4. The lowest BCUT2D eigenvalue weighted by atomic mass is 10.1. The highest BCUT2D eigenvalue weighted by molar-refractivity contribution is 5.84. The van der Waals surface area contributed by atoms with Gasteiger partial charge in [-0.1, -0.05) is 12.1 Å². The molecule has 1 amide bonds. The van der Waals surface area contributed by atoms with Gasteiger partial charge in [0.1, 0.15) is 11.8 Å². The predicted octanol–water partition coefficient (Wildman–Crippen LogP) is 2.61. The van der Waals surface area contributed by atoms with Gasteiger partial charge in [-0.3, -0.25) is 4.79 Å². The number of rotatable bonds is 9. The fourth-order valence-corrected chi connectivity index (χ4v) is 1.96. The number of alkyl halides is 2. The predicted molar refractivity (Wildman–Crippen MR) is 86.7 cm³/mol. The summed E-state index contributed by atoms with van der Waals surface area (Å²) in [6.45, 7) is 2.83. The zero-order valence-corrected chi connectivity index (χ0v) is 14.4. The number of carboxylic acids is 1. The maximum atomic E-state index is 12.1. The monoisotopic (exact) mass is 359 g/mol. The van der Waals surface area contributed by atoms with E-state index in [-0.39, 0.29) is 25.2 Å². The number of hydrogen-bond donors (Lipinski definition) is 2. The summed E-state index contributed by atoms with van der Waals surface area (Å²) < 4.78 is 33.8. The Balaban J connectivity index is 2.52. The quantitative estimate of drug-likeness (QED) is 0.708. The molecule has 1 unspecified atom stereocenters. The van der Waals surface area contributed by atoms with Crippen LogP contribution >= 0.6 is 0 Å². The van der Waals surface area contributed by atoms with Gasteiger partial charge in [-0.25, -0.2) is 4.79 Å². The van der Waals surface area contributed by atoms with Crippen molar-refractivity contribution in [3.8, 4) is 5.75 Å². The number of amides is 1. The van der Waals surface area contributed by atoms with E-state index in [9.17, 15) is 23.5 Å². The average Bonchev–Trinajstić information content (AvgIpc) is 2.46. The molecule has 1 aromatic carbocycles. The van der Waals surface area contributed by atoms with Gasteiger partial charge < -0.3 is 19.9 Å². The van der Waals surface area contributed by atoms with Gasteiger partial charge in [0, 0.05) is 13.0 Å². The molecule has 1 rings (SSSR count). The molecule has 0 heterocycles. The van der Waals surface area contributed by atoms with Crippen molar-refractivity contribution in [3.05, 3.63) is 29.8 Å². The summed E-state index contributed by atoms with van der Waals surface area (Å²) in [7, 11) is 0. The lowest BCUT2D eigenvalue weighted by molar-refractivity contribution is -0.142. The summed E-state index contributed by atoms with van der Waals surface area (Å²) in [5.74, 6) is -1.64. The standard InChI is InChI=1S/C17H23F2NO5/c1-17(2,3)24-9-8-13(15(22)23)20-14(21)10-11-4-6-12(7-5-11)25-16(18)19/h4-7,13,16H,8-10H2,1-3H3,(H,20,21)(H,22,23). The molecule has 0 bridgehead atoms. The van der Waals surface area contributed by atoms with E-state index in [0.717, 1.165) is 0 Å². The van der Waals surface area contributed by atoms with Crippen LogP contribution in [0.1, 0.15) is 32.8 Å². The molecule has 0 aliphatic carbocycles. The number of benzene rings is 1. The van der Waals surface area contributed by atoms with Crippen LogP contribution in [0.4, 0.5) is 8.78 Å². The third-order valence-electron chi connectivity index (χ3n) is 3.09. The van der Waals surface area contributed by atoms with Crippen molar-refractivity contribution < 1.29 is 33.0 Å². The molecule has 1 aromatic rings. The first kappa shape index (κ1) is 20.8. The summed E-state index contributed by atoms with van der Waals surface area (Å²) in [4.78, 5) is 23.2. The van der Waals surface area contributed by atoms with E-state index in [1.807, 2.05) is 20.8 Å². The van der Waals surface area contributed by atoms with Crippen LogP contribution in [0.5, 0.6) is 5.75 Å². The number of nitrogens with one attached hydrogen (secondary N) is 1. The largest absolute Gasteiger partial charge is 0.480 e. The van der Waals surface area contributed by atoms with Crippen LogP contribution in [0.25, 0.3) is 0 Å². The zero-order valence-electron chi connectivity index (χ0n) is 14.4. The van der Waals surface area contributed by atoms with Gasteiger partial charge in [-0.2, -0.15) is 8.78 Å². The number of carbonyl (C=O) groups excluding carboxylic acids is 1. The second-order valence-electron chi connectivity index (χ2n) is 6.41. The Bertz CT molecular complexity index is 569. The minimum Gasteiger partial charge on any atom is -0.480 e. The summed E-state index contributed by atoms with van der Waals surface area (Å²) in [6, 6.07) is 4.52. The minimum absolute atomic E-state index is 0.0121.